The van der Waals surface area contributed by atoms with Gasteiger partial charge in [-0.1, -0.05) is 13.8 Å². The highest BCUT2D eigenvalue weighted by Gasteiger charge is 2.31. The van der Waals surface area contributed by atoms with Gasteiger partial charge in [-0.3, -0.25) is 0 Å². The zero-order valence-corrected chi connectivity index (χ0v) is 7.49. The fourth-order valence-corrected chi connectivity index (χ4v) is 1.81. The van der Waals surface area contributed by atoms with Gasteiger partial charge in [0.2, 0.25) is 0 Å². The number of hydrogen-bond acceptors (Lipinski definition) is 1. The minimum Gasteiger partial charge on any atom is -0.316 e. The standard InChI is InChI=1S/C9H18FN/c1-8(2)7-9(10)3-5-11-6-4-9/h8,11H,3-7H2,1-2H3. The lowest BCUT2D eigenvalue weighted by Gasteiger charge is -2.31. The van der Waals surface area contributed by atoms with Gasteiger partial charge in [-0.15, -0.1) is 0 Å². The number of alkyl halides is 1. The third-order valence-electron chi connectivity index (χ3n) is 2.27. The first-order valence-corrected chi connectivity index (χ1v) is 4.52. The van der Waals surface area contributed by atoms with Crippen LogP contribution in [0.15, 0.2) is 0 Å². The minimum atomic E-state index is -0.862. The van der Waals surface area contributed by atoms with Crippen molar-refractivity contribution in [3.8, 4) is 0 Å². The van der Waals surface area contributed by atoms with E-state index in [9.17, 15) is 4.39 Å². The van der Waals surface area contributed by atoms with E-state index in [2.05, 4.69) is 19.2 Å². The third kappa shape index (κ3) is 2.78. The van der Waals surface area contributed by atoms with E-state index in [4.69, 9.17) is 0 Å². The fourth-order valence-electron chi connectivity index (χ4n) is 1.81. The van der Waals surface area contributed by atoms with E-state index < -0.39 is 5.67 Å². The highest BCUT2D eigenvalue weighted by molar-refractivity contribution is 4.85. The van der Waals surface area contributed by atoms with Crippen molar-refractivity contribution >= 4 is 0 Å². The van der Waals surface area contributed by atoms with Gasteiger partial charge in [0.1, 0.15) is 5.67 Å². The van der Waals surface area contributed by atoms with Crippen LogP contribution in [0.3, 0.4) is 0 Å². The maximum atomic E-state index is 13.8. The topological polar surface area (TPSA) is 12.0 Å². The second-order valence-electron chi connectivity index (χ2n) is 4.00. The molecule has 66 valence electrons. The molecule has 1 N–H and O–H groups in total. The van der Waals surface area contributed by atoms with Gasteiger partial charge < -0.3 is 5.32 Å². The summed E-state index contributed by atoms with van der Waals surface area (Å²) in [4.78, 5) is 0. The van der Waals surface area contributed by atoms with Crippen LogP contribution >= 0.6 is 0 Å². The molecule has 0 radical (unpaired) electrons. The van der Waals surface area contributed by atoms with Gasteiger partial charge in [0.05, 0.1) is 0 Å². The van der Waals surface area contributed by atoms with Crippen molar-refractivity contribution in [2.75, 3.05) is 13.1 Å². The molecule has 0 aromatic rings. The van der Waals surface area contributed by atoms with Crippen LogP contribution in [0.4, 0.5) is 4.39 Å². The van der Waals surface area contributed by atoms with Crippen LogP contribution in [-0.4, -0.2) is 18.8 Å². The monoisotopic (exact) mass is 159 g/mol. The van der Waals surface area contributed by atoms with Crippen LogP contribution in [0.2, 0.25) is 0 Å². The average Bonchev–Trinajstić information content (AvgIpc) is 1.85. The molecule has 1 heterocycles. The number of piperidine rings is 1. The van der Waals surface area contributed by atoms with Gasteiger partial charge in [0, 0.05) is 0 Å². The Bertz CT molecular complexity index is 117. The molecule has 0 unspecified atom stereocenters. The van der Waals surface area contributed by atoms with Crippen LogP contribution in [0.5, 0.6) is 0 Å². The number of hydrogen-bond donors (Lipinski definition) is 1. The Labute approximate surface area is 68.4 Å². The summed E-state index contributed by atoms with van der Waals surface area (Å²) in [5.41, 5.74) is -0.862. The quantitative estimate of drug-likeness (QED) is 0.650. The molecule has 0 spiro atoms. The molecule has 0 amide bonds. The van der Waals surface area contributed by atoms with E-state index in [1.54, 1.807) is 0 Å². The van der Waals surface area contributed by atoms with E-state index >= 15 is 0 Å². The smallest absolute Gasteiger partial charge is 0.113 e. The molecule has 1 fully saturated rings. The second kappa shape index (κ2) is 3.53. The van der Waals surface area contributed by atoms with Gasteiger partial charge in [-0.05, 0) is 38.3 Å². The van der Waals surface area contributed by atoms with Gasteiger partial charge in [-0.25, -0.2) is 4.39 Å². The molecule has 0 atom stereocenters. The van der Waals surface area contributed by atoms with Gasteiger partial charge in [0.15, 0.2) is 0 Å². The number of rotatable bonds is 2. The highest BCUT2D eigenvalue weighted by atomic mass is 19.1. The van der Waals surface area contributed by atoms with E-state index in [1.807, 2.05) is 0 Å². The predicted molar refractivity (Wildman–Crippen MR) is 45.4 cm³/mol. The Kier molecular flexibility index (Phi) is 2.88. The molecule has 1 rings (SSSR count). The Morgan fingerprint density at radius 2 is 1.91 bits per heavy atom. The molecule has 1 aliphatic rings. The molecular formula is C9H18FN. The SMILES string of the molecule is CC(C)CC1(F)CCNCC1. The first kappa shape index (κ1) is 8.98. The first-order chi connectivity index (χ1) is 5.12. The maximum absolute atomic E-state index is 13.8. The molecule has 11 heavy (non-hydrogen) atoms. The summed E-state index contributed by atoms with van der Waals surface area (Å²) in [5, 5.41) is 3.17. The highest BCUT2D eigenvalue weighted by Crippen LogP contribution is 2.30. The summed E-state index contributed by atoms with van der Waals surface area (Å²) in [6.45, 7) is 5.87. The Morgan fingerprint density at radius 1 is 1.36 bits per heavy atom. The number of halogens is 1. The lowest BCUT2D eigenvalue weighted by atomic mass is 9.86. The van der Waals surface area contributed by atoms with Crippen molar-refractivity contribution in [1.82, 2.24) is 5.32 Å². The first-order valence-electron chi connectivity index (χ1n) is 4.52. The predicted octanol–water partition coefficient (Wildman–Crippen LogP) is 2.12. The zero-order chi connectivity index (χ0) is 8.32. The normalized spacial score (nSPS) is 24.0. The molecule has 1 nitrogen and oxygen atoms in total. The maximum Gasteiger partial charge on any atom is 0.113 e. The van der Waals surface area contributed by atoms with E-state index in [0.717, 1.165) is 19.5 Å². The van der Waals surface area contributed by atoms with Crippen molar-refractivity contribution in [3.63, 3.8) is 0 Å². The Morgan fingerprint density at radius 3 is 2.36 bits per heavy atom. The third-order valence-corrected chi connectivity index (χ3v) is 2.27. The molecule has 1 aliphatic heterocycles. The van der Waals surface area contributed by atoms with Crippen molar-refractivity contribution in [2.45, 2.75) is 38.8 Å². The lowest BCUT2D eigenvalue weighted by Crippen LogP contribution is -2.39. The Hall–Kier alpha value is -0.110. The second-order valence-corrected chi connectivity index (χ2v) is 4.00. The summed E-state index contributed by atoms with van der Waals surface area (Å²) >= 11 is 0. The summed E-state index contributed by atoms with van der Waals surface area (Å²) < 4.78 is 13.8. The lowest BCUT2D eigenvalue weighted by molar-refractivity contribution is 0.0894. The largest absolute Gasteiger partial charge is 0.316 e. The van der Waals surface area contributed by atoms with Gasteiger partial charge >= 0.3 is 0 Å². The molecule has 1 saturated heterocycles. The van der Waals surface area contributed by atoms with Crippen LogP contribution in [0.1, 0.15) is 33.1 Å². The van der Waals surface area contributed by atoms with Crippen molar-refractivity contribution in [3.05, 3.63) is 0 Å². The van der Waals surface area contributed by atoms with Crippen LogP contribution < -0.4 is 5.32 Å². The van der Waals surface area contributed by atoms with Crippen LogP contribution in [0, 0.1) is 5.92 Å². The van der Waals surface area contributed by atoms with Gasteiger partial charge in [0.25, 0.3) is 0 Å². The Balaban J connectivity index is 2.37. The summed E-state index contributed by atoms with van der Waals surface area (Å²) in [5.74, 6) is 0.484. The molecular weight excluding hydrogens is 141 g/mol. The molecule has 0 aliphatic carbocycles. The summed E-state index contributed by atoms with van der Waals surface area (Å²) in [6.07, 6.45) is 2.13. The molecule has 0 aromatic carbocycles. The average molecular weight is 159 g/mol. The zero-order valence-electron chi connectivity index (χ0n) is 7.49. The van der Waals surface area contributed by atoms with E-state index in [0.29, 0.717) is 18.8 Å². The van der Waals surface area contributed by atoms with Crippen LogP contribution in [-0.2, 0) is 0 Å². The van der Waals surface area contributed by atoms with Crippen molar-refractivity contribution in [2.24, 2.45) is 5.92 Å². The fraction of sp³-hybridized carbons (Fsp3) is 1.00. The molecule has 0 aromatic heterocycles. The summed E-state index contributed by atoms with van der Waals surface area (Å²) in [6, 6.07) is 0. The van der Waals surface area contributed by atoms with Crippen molar-refractivity contribution < 1.29 is 4.39 Å². The van der Waals surface area contributed by atoms with Crippen molar-refractivity contribution in [1.29, 1.82) is 0 Å². The van der Waals surface area contributed by atoms with Crippen LogP contribution in [0.25, 0.3) is 0 Å². The minimum absolute atomic E-state index is 0.484. The van der Waals surface area contributed by atoms with Gasteiger partial charge in [-0.2, -0.15) is 0 Å². The number of nitrogens with one attached hydrogen (secondary N) is 1. The molecule has 0 bridgehead atoms. The summed E-state index contributed by atoms with van der Waals surface area (Å²) in [7, 11) is 0. The molecule has 2 heteroatoms. The van der Waals surface area contributed by atoms with E-state index in [-0.39, 0.29) is 0 Å². The molecule has 0 saturated carbocycles. The van der Waals surface area contributed by atoms with E-state index in [1.165, 1.54) is 0 Å².